The van der Waals surface area contributed by atoms with E-state index in [1.165, 1.54) is 22.6 Å². The number of anilines is 2. The number of hydrogen-bond acceptors (Lipinski definition) is 6. The van der Waals surface area contributed by atoms with Gasteiger partial charge in [-0.1, -0.05) is 35.6 Å². The molecule has 1 aromatic heterocycles. The molecular formula is C22H23N3O4S2. The smallest absolute Gasteiger partial charge is 0.264 e. The van der Waals surface area contributed by atoms with Crippen molar-refractivity contribution in [1.82, 2.24) is 4.98 Å². The fourth-order valence-electron chi connectivity index (χ4n) is 3.77. The summed E-state index contributed by atoms with van der Waals surface area (Å²) < 4.78 is 33.7. The standard InChI is InChI=1S/C22H23N3O4S2/c1-14-21(30-22(23-14)24-15(2)26)16-9-10-19-18(13-16)20(29-3)11-12-25(19)31(27,28)17-7-5-4-6-8-17/h4-10,13,20H,11-12H2,1-3H3,(H,23,24,26). The average Bonchev–Trinajstić information content (AvgIpc) is 3.12. The van der Waals surface area contributed by atoms with Crippen molar-refractivity contribution >= 4 is 38.1 Å². The fourth-order valence-corrected chi connectivity index (χ4v) is 6.31. The van der Waals surface area contributed by atoms with Gasteiger partial charge in [-0.2, -0.15) is 0 Å². The molecule has 4 rings (SSSR count). The number of hydrogen-bond donors (Lipinski definition) is 1. The number of carbonyl (C=O) groups excluding carboxylic acids is 1. The summed E-state index contributed by atoms with van der Waals surface area (Å²) in [4.78, 5) is 17.0. The third-order valence-electron chi connectivity index (χ3n) is 5.19. The highest BCUT2D eigenvalue weighted by Crippen LogP contribution is 2.42. The molecule has 0 aliphatic carbocycles. The molecule has 2 aromatic carbocycles. The first kappa shape index (κ1) is 21.5. The van der Waals surface area contributed by atoms with Crippen LogP contribution < -0.4 is 9.62 Å². The van der Waals surface area contributed by atoms with Crippen molar-refractivity contribution in [2.75, 3.05) is 23.3 Å². The molecule has 1 amide bonds. The number of sulfonamides is 1. The van der Waals surface area contributed by atoms with E-state index in [2.05, 4.69) is 10.3 Å². The lowest BCUT2D eigenvalue weighted by molar-refractivity contribution is -0.114. The molecule has 162 valence electrons. The Labute approximate surface area is 185 Å². The van der Waals surface area contributed by atoms with Gasteiger partial charge in [0.1, 0.15) is 0 Å². The number of aromatic nitrogens is 1. The molecule has 9 heteroatoms. The number of carbonyl (C=O) groups is 1. The van der Waals surface area contributed by atoms with E-state index in [9.17, 15) is 13.2 Å². The summed E-state index contributed by atoms with van der Waals surface area (Å²) in [6, 6.07) is 14.1. The SMILES string of the molecule is COC1CCN(S(=O)(=O)c2ccccc2)c2ccc(-c3sc(NC(C)=O)nc3C)cc21. The average molecular weight is 458 g/mol. The molecule has 0 saturated heterocycles. The number of amides is 1. The van der Waals surface area contributed by atoms with E-state index in [0.29, 0.717) is 23.8 Å². The van der Waals surface area contributed by atoms with Crippen molar-refractivity contribution in [3.05, 3.63) is 59.8 Å². The van der Waals surface area contributed by atoms with Crippen LogP contribution in [-0.2, 0) is 19.6 Å². The number of benzene rings is 2. The fraction of sp³-hybridized carbons (Fsp3) is 0.273. The Hall–Kier alpha value is -2.75. The second kappa shape index (κ2) is 8.41. The molecule has 0 bridgehead atoms. The van der Waals surface area contributed by atoms with Crippen molar-refractivity contribution < 1.29 is 17.9 Å². The van der Waals surface area contributed by atoms with E-state index >= 15 is 0 Å². The van der Waals surface area contributed by atoms with Crippen molar-refractivity contribution in [1.29, 1.82) is 0 Å². The maximum absolute atomic E-state index is 13.3. The summed E-state index contributed by atoms with van der Waals surface area (Å²) in [6.45, 7) is 3.67. The van der Waals surface area contributed by atoms with Crippen LogP contribution in [0.4, 0.5) is 10.8 Å². The number of ether oxygens (including phenoxy) is 1. The molecule has 3 aromatic rings. The largest absolute Gasteiger partial charge is 0.377 e. The van der Waals surface area contributed by atoms with Gasteiger partial charge >= 0.3 is 0 Å². The summed E-state index contributed by atoms with van der Waals surface area (Å²) >= 11 is 1.39. The molecule has 0 saturated carbocycles. The van der Waals surface area contributed by atoms with Crippen LogP contribution in [0.5, 0.6) is 0 Å². The monoisotopic (exact) mass is 457 g/mol. The minimum atomic E-state index is -3.68. The second-order valence-corrected chi connectivity index (χ2v) is 10.2. The lowest BCUT2D eigenvalue weighted by Crippen LogP contribution is -2.37. The minimum Gasteiger partial charge on any atom is -0.377 e. The van der Waals surface area contributed by atoms with Gasteiger partial charge in [-0.25, -0.2) is 13.4 Å². The maximum atomic E-state index is 13.3. The lowest BCUT2D eigenvalue weighted by Gasteiger charge is -2.34. The van der Waals surface area contributed by atoms with E-state index < -0.39 is 10.0 Å². The van der Waals surface area contributed by atoms with Crippen LogP contribution in [0.3, 0.4) is 0 Å². The van der Waals surface area contributed by atoms with E-state index in [-0.39, 0.29) is 16.9 Å². The minimum absolute atomic E-state index is 0.174. The molecule has 2 heterocycles. The van der Waals surface area contributed by atoms with Crippen LogP contribution in [-0.4, -0.2) is 33.0 Å². The molecule has 1 atom stereocenters. The number of fused-ring (bicyclic) bond motifs is 1. The molecule has 1 aliphatic heterocycles. The first-order valence-corrected chi connectivity index (χ1v) is 12.1. The summed E-state index contributed by atoms with van der Waals surface area (Å²) in [5, 5.41) is 3.26. The van der Waals surface area contributed by atoms with Gasteiger partial charge in [0.25, 0.3) is 10.0 Å². The quantitative estimate of drug-likeness (QED) is 0.615. The molecule has 1 unspecified atom stereocenters. The van der Waals surface area contributed by atoms with Gasteiger partial charge in [-0.05, 0) is 43.2 Å². The predicted octanol–water partition coefficient (Wildman–Crippen LogP) is 4.36. The Morgan fingerprint density at radius 2 is 1.97 bits per heavy atom. The van der Waals surface area contributed by atoms with Gasteiger partial charge in [0.05, 0.1) is 27.3 Å². The van der Waals surface area contributed by atoms with Crippen LogP contribution >= 0.6 is 11.3 Å². The zero-order chi connectivity index (χ0) is 22.2. The third-order valence-corrected chi connectivity index (χ3v) is 8.14. The van der Waals surface area contributed by atoms with Crippen molar-refractivity contribution in [2.24, 2.45) is 0 Å². The maximum Gasteiger partial charge on any atom is 0.264 e. The third kappa shape index (κ3) is 4.08. The molecule has 1 aliphatic rings. The normalized spacial score (nSPS) is 16.1. The van der Waals surface area contributed by atoms with Gasteiger partial charge < -0.3 is 10.1 Å². The molecule has 0 spiro atoms. The van der Waals surface area contributed by atoms with E-state index in [0.717, 1.165) is 21.7 Å². The highest BCUT2D eigenvalue weighted by molar-refractivity contribution is 7.92. The summed E-state index contributed by atoms with van der Waals surface area (Å²) in [5.41, 5.74) is 3.15. The van der Waals surface area contributed by atoms with Gasteiger partial charge in [0.15, 0.2) is 5.13 Å². The predicted molar refractivity (Wildman–Crippen MR) is 122 cm³/mol. The van der Waals surface area contributed by atoms with Gasteiger partial charge in [-0.3, -0.25) is 9.10 Å². The van der Waals surface area contributed by atoms with Crippen LogP contribution in [0.25, 0.3) is 10.4 Å². The molecule has 0 radical (unpaired) electrons. The Kier molecular flexibility index (Phi) is 5.83. The first-order valence-electron chi connectivity index (χ1n) is 9.81. The van der Waals surface area contributed by atoms with Gasteiger partial charge in [0, 0.05) is 26.1 Å². The number of nitrogens with one attached hydrogen (secondary N) is 1. The van der Waals surface area contributed by atoms with Crippen LogP contribution in [0.15, 0.2) is 53.4 Å². The van der Waals surface area contributed by atoms with E-state index in [1.807, 2.05) is 25.1 Å². The number of aryl methyl sites for hydroxylation is 1. The van der Waals surface area contributed by atoms with Crippen molar-refractivity contribution in [3.63, 3.8) is 0 Å². The highest BCUT2D eigenvalue weighted by atomic mass is 32.2. The lowest BCUT2D eigenvalue weighted by atomic mass is 9.97. The first-order chi connectivity index (χ1) is 14.8. The number of rotatable bonds is 5. The number of thiazole rings is 1. The number of methoxy groups -OCH3 is 1. The topological polar surface area (TPSA) is 88.6 Å². The second-order valence-electron chi connectivity index (χ2n) is 7.29. The zero-order valence-electron chi connectivity index (χ0n) is 17.5. The van der Waals surface area contributed by atoms with Gasteiger partial charge in [0.2, 0.25) is 5.91 Å². The molecular weight excluding hydrogens is 434 g/mol. The molecule has 31 heavy (non-hydrogen) atoms. The summed E-state index contributed by atoms with van der Waals surface area (Å²) in [6.07, 6.45) is 0.345. The number of nitrogens with zero attached hydrogens (tertiary/aromatic N) is 2. The molecule has 1 N–H and O–H groups in total. The van der Waals surface area contributed by atoms with Crippen molar-refractivity contribution in [3.8, 4) is 10.4 Å². The Morgan fingerprint density at radius 1 is 1.23 bits per heavy atom. The molecule has 7 nitrogen and oxygen atoms in total. The van der Waals surface area contributed by atoms with E-state index in [1.54, 1.807) is 37.4 Å². The molecule has 0 fully saturated rings. The Morgan fingerprint density at radius 3 is 2.65 bits per heavy atom. The Balaban J connectivity index is 1.78. The zero-order valence-corrected chi connectivity index (χ0v) is 19.1. The van der Waals surface area contributed by atoms with Crippen LogP contribution in [0.2, 0.25) is 0 Å². The Bertz CT molecular complexity index is 1220. The van der Waals surface area contributed by atoms with Crippen molar-refractivity contribution in [2.45, 2.75) is 31.3 Å². The summed E-state index contributed by atoms with van der Waals surface area (Å²) in [5.74, 6) is -0.174. The highest BCUT2D eigenvalue weighted by Gasteiger charge is 2.33. The van der Waals surface area contributed by atoms with Crippen LogP contribution in [0, 0.1) is 6.92 Å². The van der Waals surface area contributed by atoms with Gasteiger partial charge in [-0.15, -0.1) is 0 Å². The van der Waals surface area contributed by atoms with E-state index in [4.69, 9.17) is 4.74 Å². The van der Waals surface area contributed by atoms with Crippen LogP contribution in [0.1, 0.15) is 30.7 Å². The summed E-state index contributed by atoms with van der Waals surface area (Å²) in [7, 11) is -2.05.